The molecule has 0 saturated heterocycles. The van der Waals surface area contributed by atoms with Crippen LogP contribution in [0.25, 0.3) is 0 Å². The number of hydrogen-bond donors (Lipinski definition) is 1. The second-order valence-corrected chi connectivity index (χ2v) is 3.60. The van der Waals surface area contributed by atoms with Crippen molar-refractivity contribution in [1.29, 1.82) is 0 Å². The van der Waals surface area contributed by atoms with E-state index in [0.717, 1.165) is 17.5 Å². The second-order valence-electron chi connectivity index (χ2n) is 3.17. The first kappa shape index (κ1) is 8.57. The van der Waals surface area contributed by atoms with Crippen molar-refractivity contribution < 1.29 is 4.79 Å². The summed E-state index contributed by atoms with van der Waals surface area (Å²) in [5.74, 6) is 0.0125. The number of nitrogens with one attached hydrogen (secondary N) is 1. The van der Waals surface area contributed by atoms with Gasteiger partial charge in [-0.05, 0) is 30.2 Å². The highest BCUT2D eigenvalue weighted by Gasteiger charge is 2.26. The van der Waals surface area contributed by atoms with Crippen LogP contribution < -0.4 is 5.32 Å². The van der Waals surface area contributed by atoms with E-state index in [1.165, 1.54) is 0 Å². The molecule has 1 atom stereocenters. The van der Waals surface area contributed by atoms with Crippen LogP contribution in [0.3, 0.4) is 0 Å². The number of carbonyl (C=O) groups is 1. The number of benzene rings is 1. The van der Waals surface area contributed by atoms with E-state index in [9.17, 15) is 4.79 Å². The van der Waals surface area contributed by atoms with Gasteiger partial charge in [-0.1, -0.05) is 18.5 Å². The van der Waals surface area contributed by atoms with Gasteiger partial charge in [-0.2, -0.15) is 0 Å². The second kappa shape index (κ2) is 3.04. The van der Waals surface area contributed by atoms with E-state index in [1.807, 2.05) is 13.0 Å². The number of fused-ring (bicyclic) bond motifs is 1. The average Bonchev–Trinajstić information content (AvgIpc) is 2.42. The van der Waals surface area contributed by atoms with E-state index in [4.69, 9.17) is 11.6 Å². The molecule has 13 heavy (non-hydrogen) atoms. The van der Waals surface area contributed by atoms with E-state index in [1.54, 1.807) is 12.1 Å². The molecule has 0 aromatic heterocycles. The molecule has 3 heteroatoms. The minimum absolute atomic E-state index is 0.0125. The summed E-state index contributed by atoms with van der Waals surface area (Å²) < 4.78 is 0. The van der Waals surface area contributed by atoms with Crippen molar-refractivity contribution in [3.8, 4) is 0 Å². The molecule has 0 aliphatic carbocycles. The predicted molar refractivity (Wildman–Crippen MR) is 52.0 cm³/mol. The van der Waals surface area contributed by atoms with Gasteiger partial charge in [0.2, 0.25) is 0 Å². The van der Waals surface area contributed by atoms with E-state index in [0.29, 0.717) is 5.02 Å². The monoisotopic (exact) mass is 195 g/mol. The largest absolute Gasteiger partial charge is 0.345 e. The molecule has 2 rings (SSSR count). The summed E-state index contributed by atoms with van der Waals surface area (Å²) in [5, 5.41) is 3.59. The van der Waals surface area contributed by atoms with Crippen LogP contribution in [0.2, 0.25) is 5.02 Å². The zero-order valence-electron chi connectivity index (χ0n) is 7.30. The smallest absolute Gasteiger partial charge is 0.252 e. The Morgan fingerprint density at radius 1 is 1.54 bits per heavy atom. The lowest BCUT2D eigenvalue weighted by Crippen LogP contribution is -2.17. The first-order valence-corrected chi connectivity index (χ1v) is 4.70. The highest BCUT2D eigenvalue weighted by molar-refractivity contribution is 6.30. The fraction of sp³-hybridized carbons (Fsp3) is 0.300. The van der Waals surface area contributed by atoms with Crippen molar-refractivity contribution in [1.82, 2.24) is 5.32 Å². The highest BCUT2D eigenvalue weighted by atomic mass is 35.5. The van der Waals surface area contributed by atoms with Crippen LogP contribution in [0.1, 0.15) is 35.3 Å². The average molecular weight is 196 g/mol. The molecular weight excluding hydrogens is 186 g/mol. The van der Waals surface area contributed by atoms with Crippen molar-refractivity contribution in [3.63, 3.8) is 0 Å². The lowest BCUT2D eigenvalue weighted by molar-refractivity contribution is 0.0955. The van der Waals surface area contributed by atoms with Crippen molar-refractivity contribution >= 4 is 17.5 Å². The molecule has 1 N–H and O–H groups in total. The summed E-state index contributed by atoms with van der Waals surface area (Å²) in [6, 6.07) is 5.53. The molecule has 1 heterocycles. The maximum Gasteiger partial charge on any atom is 0.252 e. The predicted octanol–water partition coefficient (Wildman–Crippen LogP) is 2.53. The van der Waals surface area contributed by atoms with Gasteiger partial charge in [-0.3, -0.25) is 4.79 Å². The molecule has 0 spiro atoms. The third-order valence-corrected chi connectivity index (χ3v) is 2.58. The Morgan fingerprint density at radius 2 is 2.31 bits per heavy atom. The SMILES string of the molecule is CC[C@@H]1NC(=O)c2ccc(Cl)cc21. The van der Waals surface area contributed by atoms with Crippen LogP contribution in [-0.2, 0) is 0 Å². The Kier molecular flexibility index (Phi) is 2.00. The number of halogens is 1. The molecule has 0 unspecified atom stereocenters. The highest BCUT2D eigenvalue weighted by Crippen LogP contribution is 2.29. The minimum Gasteiger partial charge on any atom is -0.345 e. The van der Waals surface area contributed by atoms with Crippen LogP contribution in [0.5, 0.6) is 0 Å². The van der Waals surface area contributed by atoms with Gasteiger partial charge in [0.1, 0.15) is 0 Å². The van der Waals surface area contributed by atoms with Gasteiger partial charge in [0.25, 0.3) is 5.91 Å². The Morgan fingerprint density at radius 3 is 3.00 bits per heavy atom. The summed E-state index contributed by atoms with van der Waals surface area (Å²) >= 11 is 5.85. The summed E-state index contributed by atoms with van der Waals surface area (Å²) in [4.78, 5) is 11.4. The molecule has 2 nitrogen and oxygen atoms in total. The molecule has 0 radical (unpaired) electrons. The molecule has 1 aliphatic heterocycles. The summed E-state index contributed by atoms with van der Waals surface area (Å²) in [6.45, 7) is 2.04. The maximum atomic E-state index is 11.4. The van der Waals surface area contributed by atoms with Crippen LogP contribution in [-0.4, -0.2) is 5.91 Å². The maximum absolute atomic E-state index is 11.4. The lowest BCUT2D eigenvalue weighted by Gasteiger charge is -2.07. The van der Waals surface area contributed by atoms with Gasteiger partial charge in [0.05, 0.1) is 6.04 Å². The molecule has 0 saturated carbocycles. The molecule has 0 fully saturated rings. The van der Waals surface area contributed by atoms with Crippen molar-refractivity contribution in [2.75, 3.05) is 0 Å². The van der Waals surface area contributed by atoms with Gasteiger partial charge in [-0.15, -0.1) is 0 Å². The number of rotatable bonds is 1. The van der Waals surface area contributed by atoms with Crippen LogP contribution in [0, 0.1) is 0 Å². The van der Waals surface area contributed by atoms with E-state index < -0.39 is 0 Å². The van der Waals surface area contributed by atoms with Gasteiger partial charge >= 0.3 is 0 Å². The van der Waals surface area contributed by atoms with Crippen molar-refractivity contribution in [2.45, 2.75) is 19.4 Å². The van der Waals surface area contributed by atoms with Crippen LogP contribution >= 0.6 is 11.6 Å². The summed E-state index contributed by atoms with van der Waals surface area (Å²) in [6.07, 6.45) is 0.902. The normalized spacial score (nSPS) is 19.8. The third-order valence-electron chi connectivity index (χ3n) is 2.35. The Bertz CT molecular complexity index is 362. The van der Waals surface area contributed by atoms with Crippen LogP contribution in [0.15, 0.2) is 18.2 Å². The van der Waals surface area contributed by atoms with Gasteiger partial charge in [0.15, 0.2) is 0 Å². The van der Waals surface area contributed by atoms with E-state index in [2.05, 4.69) is 5.32 Å². The molecule has 0 bridgehead atoms. The molecule has 1 aromatic rings. The van der Waals surface area contributed by atoms with Gasteiger partial charge in [-0.25, -0.2) is 0 Å². The molecular formula is C10H10ClNO. The van der Waals surface area contributed by atoms with Crippen molar-refractivity contribution in [3.05, 3.63) is 34.3 Å². The first-order valence-electron chi connectivity index (χ1n) is 4.32. The number of carbonyl (C=O) groups excluding carboxylic acids is 1. The number of amides is 1. The molecule has 1 amide bonds. The fourth-order valence-electron chi connectivity index (χ4n) is 1.66. The molecule has 68 valence electrons. The Balaban J connectivity index is 2.52. The van der Waals surface area contributed by atoms with Gasteiger partial charge in [0, 0.05) is 10.6 Å². The minimum atomic E-state index is 0.0125. The molecule has 1 aliphatic rings. The first-order chi connectivity index (χ1) is 6.22. The van der Waals surface area contributed by atoms with Gasteiger partial charge < -0.3 is 5.32 Å². The van der Waals surface area contributed by atoms with E-state index in [-0.39, 0.29) is 11.9 Å². The quantitative estimate of drug-likeness (QED) is 0.733. The van der Waals surface area contributed by atoms with E-state index >= 15 is 0 Å². The summed E-state index contributed by atoms with van der Waals surface area (Å²) in [5.41, 5.74) is 1.79. The summed E-state index contributed by atoms with van der Waals surface area (Å²) in [7, 11) is 0. The standard InChI is InChI=1S/C10H10ClNO/c1-2-9-8-5-6(11)3-4-7(8)10(13)12-9/h3-5,9H,2H2,1H3,(H,12,13)/t9-/m0/s1. The topological polar surface area (TPSA) is 29.1 Å². The zero-order valence-corrected chi connectivity index (χ0v) is 8.06. The van der Waals surface area contributed by atoms with Crippen molar-refractivity contribution in [2.24, 2.45) is 0 Å². The third kappa shape index (κ3) is 1.31. The zero-order chi connectivity index (χ0) is 9.42. The fourth-order valence-corrected chi connectivity index (χ4v) is 1.84. The Labute approximate surface area is 81.9 Å². The lowest BCUT2D eigenvalue weighted by atomic mass is 10.0. The Hall–Kier alpha value is -1.02. The number of hydrogen-bond acceptors (Lipinski definition) is 1. The van der Waals surface area contributed by atoms with Crippen LogP contribution in [0.4, 0.5) is 0 Å². The molecule has 1 aromatic carbocycles.